The van der Waals surface area contributed by atoms with Gasteiger partial charge in [-0.15, -0.1) is 11.6 Å². The number of hydrogen-bond acceptors (Lipinski definition) is 3. The lowest BCUT2D eigenvalue weighted by Crippen LogP contribution is -2.01. The highest BCUT2D eigenvalue weighted by Gasteiger charge is 2.10. The first-order chi connectivity index (χ1) is 5.77. The average Bonchev–Trinajstić information content (AvgIpc) is 2.52. The first-order valence-corrected chi connectivity index (χ1v) is 4.40. The second-order valence-corrected chi connectivity index (χ2v) is 2.64. The van der Waals surface area contributed by atoms with Crippen LogP contribution in [0.1, 0.15) is 31.6 Å². The fourth-order valence-electron chi connectivity index (χ4n) is 0.876. The molecule has 0 bridgehead atoms. The van der Waals surface area contributed by atoms with Gasteiger partial charge in [-0.1, -0.05) is 0 Å². The fourth-order valence-corrected chi connectivity index (χ4v) is 0.996. The van der Waals surface area contributed by atoms with Crippen LogP contribution in [0, 0.1) is 0 Å². The molecule has 0 aliphatic carbocycles. The third kappa shape index (κ3) is 2.19. The second kappa shape index (κ2) is 4.42. The molecule has 1 heterocycles. The summed E-state index contributed by atoms with van der Waals surface area (Å²) >= 11 is 5.55. The number of hydrogen-bond donors (Lipinski definition) is 1. The molecule has 1 aromatic heterocycles. The van der Waals surface area contributed by atoms with E-state index in [2.05, 4.69) is 15.2 Å². The molecule has 0 aliphatic heterocycles. The molecule has 12 heavy (non-hydrogen) atoms. The van der Waals surface area contributed by atoms with Crippen LogP contribution in [0.25, 0.3) is 0 Å². The van der Waals surface area contributed by atoms with Gasteiger partial charge < -0.3 is 4.74 Å². The number of nitrogens with zero attached hydrogens (tertiary/aromatic N) is 2. The van der Waals surface area contributed by atoms with Crippen LogP contribution in [-0.4, -0.2) is 21.8 Å². The summed E-state index contributed by atoms with van der Waals surface area (Å²) in [7, 11) is 0. The van der Waals surface area contributed by atoms with E-state index in [1.165, 1.54) is 0 Å². The van der Waals surface area contributed by atoms with Gasteiger partial charge in [0.15, 0.2) is 5.82 Å². The summed E-state index contributed by atoms with van der Waals surface area (Å²) in [5.74, 6) is 1.69. The Morgan fingerprint density at radius 1 is 1.67 bits per heavy atom. The minimum absolute atomic E-state index is 0.0665. The number of aromatic nitrogens is 3. The first-order valence-electron chi connectivity index (χ1n) is 3.86. The van der Waals surface area contributed by atoms with Crippen molar-refractivity contribution in [2.24, 2.45) is 0 Å². The van der Waals surface area contributed by atoms with Crippen molar-refractivity contribution in [3.8, 4) is 0 Å². The van der Waals surface area contributed by atoms with Gasteiger partial charge in [-0.2, -0.15) is 5.10 Å². The lowest BCUT2D eigenvalue weighted by Gasteiger charge is -2.05. The topological polar surface area (TPSA) is 50.8 Å². The molecule has 1 aromatic rings. The standard InChI is InChI=1S/C7H12ClN3O/c1-3-12-5(2)7-9-6(4-8)10-11-7/h5H,3-4H2,1-2H3,(H,9,10,11). The summed E-state index contributed by atoms with van der Waals surface area (Å²) < 4.78 is 5.30. The fraction of sp³-hybridized carbons (Fsp3) is 0.714. The van der Waals surface area contributed by atoms with Crippen molar-refractivity contribution >= 4 is 11.6 Å². The van der Waals surface area contributed by atoms with Gasteiger partial charge in [-0.05, 0) is 13.8 Å². The third-order valence-corrected chi connectivity index (χ3v) is 1.71. The number of alkyl halides is 1. The van der Waals surface area contributed by atoms with Gasteiger partial charge in [0.05, 0.1) is 5.88 Å². The molecule has 0 amide bonds. The SMILES string of the molecule is CCOC(C)c1n[nH]c(CCl)n1. The quantitative estimate of drug-likeness (QED) is 0.733. The van der Waals surface area contributed by atoms with Gasteiger partial charge in [0, 0.05) is 6.61 Å². The smallest absolute Gasteiger partial charge is 0.179 e. The van der Waals surface area contributed by atoms with E-state index in [-0.39, 0.29) is 6.10 Å². The molecule has 0 spiro atoms. The Hall–Kier alpha value is -0.610. The minimum atomic E-state index is -0.0665. The minimum Gasteiger partial charge on any atom is -0.371 e. The summed E-state index contributed by atoms with van der Waals surface area (Å²) in [6.07, 6.45) is -0.0665. The largest absolute Gasteiger partial charge is 0.371 e. The predicted octanol–water partition coefficient (Wildman–Crippen LogP) is 1.64. The highest BCUT2D eigenvalue weighted by Crippen LogP contribution is 2.11. The maximum absolute atomic E-state index is 5.55. The molecule has 5 heteroatoms. The van der Waals surface area contributed by atoms with Gasteiger partial charge in [0.2, 0.25) is 0 Å². The van der Waals surface area contributed by atoms with E-state index < -0.39 is 0 Å². The van der Waals surface area contributed by atoms with E-state index >= 15 is 0 Å². The number of rotatable bonds is 4. The zero-order valence-electron chi connectivity index (χ0n) is 7.17. The molecule has 1 rings (SSSR count). The van der Waals surface area contributed by atoms with Crippen molar-refractivity contribution in [1.29, 1.82) is 0 Å². The van der Waals surface area contributed by atoms with Crippen LogP contribution in [0.3, 0.4) is 0 Å². The van der Waals surface area contributed by atoms with E-state index in [1.54, 1.807) is 0 Å². The van der Waals surface area contributed by atoms with Crippen LogP contribution in [0.4, 0.5) is 0 Å². The second-order valence-electron chi connectivity index (χ2n) is 2.37. The maximum atomic E-state index is 5.55. The lowest BCUT2D eigenvalue weighted by molar-refractivity contribution is 0.0703. The van der Waals surface area contributed by atoms with Gasteiger partial charge in [0.1, 0.15) is 11.9 Å². The molecule has 0 saturated heterocycles. The van der Waals surface area contributed by atoms with Gasteiger partial charge in [0.25, 0.3) is 0 Å². The van der Waals surface area contributed by atoms with Gasteiger partial charge >= 0.3 is 0 Å². The van der Waals surface area contributed by atoms with Crippen LogP contribution >= 0.6 is 11.6 Å². The molecule has 0 aromatic carbocycles. The molecule has 0 saturated carbocycles. The highest BCUT2D eigenvalue weighted by atomic mass is 35.5. The van der Waals surface area contributed by atoms with Gasteiger partial charge in [-0.3, -0.25) is 5.10 Å². The molecule has 0 radical (unpaired) electrons. The van der Waals surface area contributed by atoms with Crippen LogP contribution < -0.4 is 0 Å². The van der Waals surface area contributed by atoms with Crippen LogP contribution in [-0.2, 0) is 10.6 Å². The van der Waals surface area contributed by atoms with E-state index in [4.69, 9.17) is 16.3 Å². The first kappa shape index (κ1) is 9.48. The predicted molar refractivity (Wildman–Crippen MR) is 46.0 cm³/mol. The Balaban J connectivity index is 2.61. The zero-order valence-corrected chi connectivity index (χ0v) is 7.93. The molecule has 1 unspecified atom stereocenters. The average molecular weight is 190 g/mol. The molecule has 0 fully saturated rings. The summed E-state index contributed by atoms with van der Waals surface area (Å²) in [5, 5.41) is 6.68. The van der Waals surface area contributed by atoms with E-state index in [1.807, 2.05) is 13.8 Å². The van der Waals surface area contributed by atoms with E-state index in [0.717, 1.165) is 0 Å². The number of nitrogens with one attached hydrogen (secondary N) is 1. The van der Waals surface area contributed by atoms with Crippen molar-refractivity contribution in [1.82, 2.24) is 15.2 Å². The Morgan fingerprint density at radius 2 is 2.42 bits per heavy atom. The Labute approximate surface area is 76.3 Å². The van der Waals surface area contributed by atoms with Crippen LogP contribution in [0.5, 0.6) is 0 Å². The summed E-state index contributed by atoms with van der Waals surface area (Å²) in [6.45, 7) is 4.50. The van der Waals surface area contributed by atoms with E-state index in [0.29, 0.717) is 24.1 Å². The normalized spacial score (nSPS) is 13.2. The number of aromatic amines is 1. The molecule has 68 valence electrons. The summed E-state index contributed by atoms with van der Waals surface area (Å²) in [5.41, 5.74) is 0. The van der Waals surface area contributed by atoms with Crippen LogP contribution in [0.2, 0.25) is 0 Å². The van der Waals surface area contributed by atoms with Crippen molar-refractivity contribution in [2.75, 3.05) is 6.61 Å². The van der Waals surface area contributed by atoms with Crippen LogP contribution in [0.15, 0.2) is 0 Å². The van der Waals surface area contributed by atoms with Crippen molar-refractivity contribution < 1.29 is 4.74 Å². The Kier molecular flexibility index (Phi) is 3.49. The summed E-state index contributed by atoms with van der Waals surface area (Å²) in [4.78, 5) is 4.12. The molecule has 0 aliphatic rings. The highest BCUT2D eigenvalue weighted by molar-refractivity contribution is 6.16. The molecule has 1 N–H and O–H groups in total. The Bertz CT molecular complexity index is 238. The zero-order chi connectivity index (χ0) is 8.97. The van der Waals surface area contributed by atoms with Crippen molar-refractivity contribution in [3.05, 3.63) is 11.6 Å². The third-order valence-electron chi connectivity index (χ3n) is 1.46. The van der Waals surface area contributed by atoms with Crippen molar-refractivity contribution in [3.63, 3.8) is 0 Å². The monoisotopic (exact) mass is 189 g/mol. The maximum Gasteiger partial charge on any atom is 0.179 e. The number of halogens is 1. The molecule has 1 atom stereocenters. The van der Waals surface area contributed by atoms with Crippen molar-refractivity contribution in [2.45, 2.75) is 25.8 Å². The Morgan fingerprint density at radius 3 is 2.92 bits per heavy atom. The molecular formula is C7H12ClN3O. The summed E-state index contributed by atoms with van der Waals surface area (Å²) in [6, 6.07) is 0. The number of H-pyrrole nitrogens is 1. The molecule has 4 nitrogen and oxygen atoms in total. The van der Waals surface area contributed by atoms with Gasteiger partial charge in [-0.25, -0.2) is 4.98 Å². The molecular weight excluding hydrogens is 178 g/mol. The van der Waals surface area contributed by atoms with E-state index in [9.17, 15) is 0 Å². The number of ether oxygens (including phenoxy) is 1. The lowest BCUT2D eigenvalue weighted by atomic mass is 10.4.